The van der Waals surface area contributed by atoms with E-state index in [1.165, 1.54) is 6.07 Å². The summed E-state index contributed by atoms with van der Waals surface area (Å²) in [5, 5.41) is 22.1. The number of phenolic OH excluding ortho intramolecular Hbond substituents is 2. The first-order valence-corrected chi connectivity index (χ1v) is 5.11. The first-order chi connectivity index (χ1) is 6.90. The minimum Gasteiger partial charge on any atom is -0.504 e. The van der Waals surface area contributed by atoms with Gasteiger partial charge in [0.05, 0.1) is 0 Å². The fourth-order valence-corrected chi connectivity index (χ4v) is 1.29. The van der Waals surface area contributed by atoms with Crippen LogP contribution in [0.1, 0.15) is 26.3 Å². The molecule has 0 aliphatic rings. The Labute approximate surface area is 90.8 Å². The molecule has 0 amide bonds. The largest absolute Gasteiger partial charge is 0.504 e. The van der Waals surface area contributed by atoms with E-state index in [-0.39, 0.29) is 16.9 Å². The Hall–Kier alpha value is -1.22. The molecule has 0 fully saturated rings. The van der Waals surface area contributed by atoms with Crippen molar-refractivity contribution in [1.29, 1.82) is 0 Å². The van der Waals surface area contributed by atoms with Crippen molar-refractivity contribution in [2.24, 2.45) is 5.41 Å². The average molecular weight is 209 g/mol. The van der Waals surface area contributed by atoms with Gasteiger partial charge < -0.3 is 15.5 Å². The Morgan fingerprint density at radius 3 is 2.47 bits per heavy atom. The van der Waals surface area contributed by atoms with Crippen LogP contribution in [-0.2, 0) is 6.54 Å². The van der Waals surface area contributed by atoms with Crippen molar-refractivity contribution in [3.63, 3.8) is 0 Å². The maximum atomic E-state index is 9.54. The topological polar surface area (TPSA) is 52.5 Å². The van der Waals surface area contributed by atoms with Crippen LogP contribution in [0.3, 0.4) is 0 Å². The lowest BCUT2D eigenvalue weighted by molar-refractivity contribution is 0.371. The van der Waals surface area contributed by atoms with Gasteiger partial charge in [-0.2, -0.15) is 0 Å². The molecule has 0 aromatic heterocycles. The second-order valence-electron chi connectivity index (χ2n) is 4.95. The minimum absolute atomic E-state index is 0.0288. The summed E-state index contributed by atoms with van der Waals surface area (Å²) < 4.78 is 0. The molecule has 3 nitrogen and oxygen atoms in total. The van der Waals surface area contributed by atoms with Crippen molar-refractivity contribution >= 4 is 0 Å². The lowest BCUT2D eigenvalue weighted by Crippen LogP contribution is -2.26. The van der Waals surface area contributed by atoms with Crippen LogP contribution in [0.2, 0.25) is 0 Å². The van der Waals surface area contributed by atoms with Crippen LogP contribution in [0.25, 0.3) is 0 Å². The number of rotatable bonds is 3. The molecule has 1 aromatic carbocycles. The highest BCUT2D eigenvalue weighted by atomic mass is 16.3. The molecule has 0 aliphatic heterocycles. The van der Waals surface area contributed by atoms with Gasteiger partial charge in [0.25, 0.3) is 0 Å². The maximum absolute atomic E-state index is 9.54. The molecule has 1 aromatic rings. The molecule has 3 heteroatoms. The quantitative estimate of drug-likeness (QED) is 0.669. The van der Waals surface area contributed by atoms with E-state index in [2.05, 4.69) is 26.1 Å². The third-order valence-corrected chi connectivity index (χ3v) is 2.07. The molecule has 0 aliphatic carbocycles. The highest BCUT2D eigenvalue weighted by molar-refractivity contribution is 5.44. The second-order valence-corrected chi connectivity index (χ2v) is 4.95. The van der Waals surface area contributed by atoms with Crippen LogP contribution in [0.15, 0.2) is 18.2 Å². The molecule has 0 heterocycles. The zero-order valence-corrected chi connectivity index (χ0v) is 9.54. The summed E-state index contributed by atoms with van der Waals surface area (Å²) in [6.07, 6.45) is 0. The Morgan fingerprint density at radius 1 is 1.20 bits per heavy atom. The van der Waals surface area contributed by atoms with E-state index in [0.717, 1.165) is 12.1 Å². The maximum Gasteiger partial charge on any atom is 0.161 e. The molecule has 0 spiro atoms. The molecule has 0 atom stereocenters. The lowest BCUT2D eigenvalue weighted by atomic mass is 9.97. The molecule has 15 heavy (non-hydrogen) atoms. The van der Waals surface area contributed by atoms with E-state index in [9.17, 15) is 10.2 Å². The van der Waals surface area contributed by atoms with Crippen LogP contribution in [0.4, 0.5) is 0 Å². The smallest absolute Gasteiger partial charge is 0.161 e. The summed E-state index contributed by atoms with van der Waals surface area (Å²) in [6.45, 7) is 7.85. The highest BCUT2D eigenvalue weighted by Gasteiger charge is 2.10. The molecule has 0 saturated carbocycles. The zero-order valence-electron chi connectivity index (χ0n) is 9.54. The second kappa shape index (κ2) is 4.53. The summed E-state index contributed by atoms with van der Waals surface area (Å²) in [7, 11) is 0. The van der Waals surface area contributed by atoms with Crippen molar-refractivity contribution in [2.75, 3.05) is 6.54 Å². The van der Waals surface area contributed by atoms with E-state index in [0.29, 0.717) is 6.54 Å². The van der Waals surface area contributed by atoms with E-state index in [1.54, 1.807) is 12.1 Å². The lowest BCUT2D eigenvalue weighted by Gasteiger charge is -2.19. The minimum atomic E-state index is -0.0648. The summed E-state index contributed by atoms with van der Waals surface area (Å²) in [6, 6.07) is 5.00. The Morgan fingerprint density at radius 2 is 1.87 bits per heavy atom. The number of nitrogens with one attached hydrogen (secondary N) is 1. The fourth-order valence-electron chi connectivity index (χ4n) is 1.29. The monoisotopic (exact) mass is 209 g/mol. The van der Waals surface area contributed by atoms with E-state index >= 15 is 0 Å². The van der Waals surface area contributed by atoms with Gasteiger partial charge in [-0.25, -0.2) is 0 Å². The summed E-state index contributed by atoms with van der Waals surface area (Å²) in [5.41, 5.74) is 0.936. The Balaban J connectivity index is 2.55. The number of aromatic hydroxyl groups is 2. The SMILES string of the molecule is CC(C)(C)CNCc1cccc(O)c1O. The standard InChI is InChI=1S/C12H19NO2/c1-12(2,3)8-13-7-9-5-4-6-10(14)11(9)15/h4-6,13-15H,7-8H2,1-3H3. The fraction of sp³-hybridized carbons (Fsp3) is 0.500. The van der Waals surface area contributed by atoms with Crippen molar-refractivity contribution in [3.8, 4) is 11.5 Å². The molecule has 0 unspecified atom stereocenters. The number of benzene rings is 1. The van der Waals surface area contributed by atoms with Gasteiger partial charge in [0.2, 0.25) is 0 Å². The van der Waals surface area contributed by atoms with Crippen molar-refractivity contribution in [2.45, 2.75) is 27.3 Å². The van der Waals surface area contributed by atoms with Crippen molar-refractivity contribution in [3.05, 3.63) is 23.8 Å². The van der Waals surface area contributed by atoms with Gasteiger partial charge in [0.1, 0.15) is 0 Å². The van der Waals surface area contributed by atoms with Crippen LogP contribution >= 0.6 is 0 Å². The Bertz CT molecular complexity index is 329. The van der Waals surface area contributed by atoms with Gasteiger partial charge >= 0.3 is 0 Å². The zero-order chi connectivity index (χ0) is 11.5. The van der Waals surface area contributed by atoms with E-state index < -0.39 is 0 Å². The average Bonchev–Trinajstić information content (AvgIpc) is 2.10. The number of hydrogen-bond donors (Lipinski definition) is 3. The number of hydrogen-bond acceptors (Lipinski definition) is 3. The van der Waals surface area contributed by atoms with Crippen molar-refractivity contribution in [1.82, 2.24) is 5.32 Å². The van der Waals surface area contributed by atoms with Crippen LogP contribution in [0.5, 0.6) is 11.5 Å². The third kappa shape index (κ3) is 3.80. The van der Waals surface area contributed by atoms with E-state index in [4.69, 9.17) is 0 Å². The van der Waals surface area contributed by atoms with Gasteiger partial charge in [0.15, 0.2) is 11.5 Å². The van der Waals surface area contributed by atoms with Gasteiger partial charge in [0, 0.05) is 18.7 Å². The predicted octanol–water partition coefficient (Wildman–Crippen LogP) is 2.23. The van der Waals surface area contributed by atoms with Crippen molar-refractivity contribution < 1.29 is 10.2 Å². The normalized spacial score (nSPS) is 11.7. The molecule has 0 bridgehead atoms. The molecule has 0 saturated heterocycles. The van der Waals surface area contributed by atoms with Gasteiger partial charge in [-0.15, -0.1) is 0 Å². The van der Waals surface area contributed by atoms with Gasteiger partial charge in [-0.3, -0.25) is 0 Å². The molecule has 0 radical (unpaired) electrons. The first kappa shape index (κ1) is 11.9. The van der Waals surface area contributed by atoms with E-state index in [1.807, 2.05) is 0 Å². The molecule has 3 N–H and O–H groups in total. The van der Waals surface area contributed by atoms with Crippen LogP contribution in [0, 0.1) is 5.41 Å². The molecular weight excluding hydrogens is 190 g/mol. The predicted molar refractivity (Wildman–Crippen MR) is 60.9 cm³/mol. The first-order valence-electron chi connectivity index (χ1n) is 5.11. The van der Waals surface area contributed by atoms with Crippen LogP contribution < -0.4 is 5.32 Å². The summed E-state index contributed by atoms with van der Waals surface area (Å²) in [4.78, 5) is 0. The third-order valence-electron chi connectivity index (χ3n) is 2.07. The van der Waals surface area contributed by atoms with Crippen LogP contribution in [-0.4, -0.2) is 16.8 Å². The Kier molecular flexibility index (Phi) is 3.58. The van der Waals surface area contributed by atoms with Gasteiger partial charge in [-0.05, 0) is 11.5 Å². The number of phenols is 2. The molecular formula is C12H19NO2. The molecule has 1 rings (SSSR count). The summed E-state index contributed by atoms with van der Waals surface area (Å²) in [5.74, 6) is -0.0935. The molecule has 84 valence electrons. The highest BCUT2D eigenvalue weighted by Crippen LogP contribution is 2.28. The summed E-state index contributed by atoms with van der Waals surface area (Å²) >= 11 is 0. The van der Waals surface area contributed by atoms with Gasteiger partial charge in [-0.1, -0.05) is 32.9 Å². The number of para-hydroxylation sites is 1.